The maximum absolute atomic E-state index is 13.3. The van der Waals surface area contributed by atoms with Crippen LogP contribution in [0.1, 0.15) is 11.1 Å². The average Bonchev–Trinajstić information content (AvgIpc) is 2.95. The highest BCUT2D eigenvalue weighted by molar-refractivity contribution is 6.07. The minimum Gasteiger partial charge on any atom is -0.316 e. The van der Waals surface area contributed by atoms with E-state index in [1.54, 1.807) is 12.2 Å². The highest BCUT2D eigenvalue weighted by Crippen LogP contribution is 2.30. The van der Waals surface area contributed by atoms with Gasteiger partial charge in [-0.25, -0.2) is 0 Å². The van der Waals surface area contributed by atoms with Crippen molar-refractivity contribution in [2.75, 3.05) is 0 Å². The summed E-state index contributed by atoms with van der Waals surface area (Å²) < 4.78 is 0. The lowest BCUT2D eigenvalue weighted by Gasteiger charge is -2.08. The predicted molar refractivity (Wildman–Crippen MR) is 157 cm³/mol. The molecule has 0 bridgehead atoms. The molecular weight excluding hydrogens is 468 g/mol. The zero-order chi connectivity index (χ0) is 25.6. The monoisotopic (exact) mass is 490 g/mol. The lowest BCUT2D eigenvalue weighted by molar-refractivity contribution is 1.00. The lowest BCUT2D eigenvalue weighted by atomic mass is 9.96. The summed E-state index contributed by atoms with van der Waals surface area (Å²) >= 11 is 0. The Labute approximate surface area is 216 Å². The smallest absolute Gasteiger partial charge is 0.272 e. The molecular formula is C34H22N2O2. The molecule has 0 saturated carbocycles. The van der Waals surface area contributed by atoms with E-state index in [-0.39, 0.29) is 21.8 Å². The van der Waals surface area contributed by atoms with E-state index in [9.17, 15) is 9.59 Å². The molecule has 0 spiro atoms. The number of aromatic nitrogens is 2. The molecule has 7 aromatic rings. The van der Waals surface area contributed by atoms with E-state index >= 15 is 0 Å². The van der Waals surface area contributed by atoms with E-state index in [0.29, 0.717) is 0 Å². The van der Waals surface area contributed by atoms with Gasteiger partial charge in [-0.05, 0) is 78.5 Å². The van der Waals surface area contributed by atoms with Crippen LogP contribution >= 0.6 is 0 Å². The maximum Gasteiger partial charge on any atom is 0.272 e. The summed E-state index contributed by atoms with van der Waals surface area (Å²) in [5.74, 6) is 0. The van der Waals surface area contributed by atoms with Gasteiger partial charge < -0.3 is 9.97 Å². The van der Waals surface area contributed by atoms with Crippen molar-refractivity contribution in [2.24, 2.45) is 0 Å². The minimum absolute atomic E-state index is 0.219. The molecule has 4 nitrogen and oxygen atoms in total. The normalized spacial score (nSPS) is 12.7. The molecule has 0 amide bonds. The molecule has 4 heteroatoms. The number of rotatable bonds is 2. The Bertz CT molecular complexity index is 2020. The quantitative estimate of drug-likeness (QED) is 0.322. The van der Waals surface area contributed by atoms with Gasteiger partial charge in [-0.2, -0.15) is 0 Å². The zero-order valence-electron chi connectivity index (χ0n) is 20.4. The standard InChI is InChI=1S/C34H22N2O2/c37-33-31(19-29-25-13-5-1-9-21(25)17-22-10-2-6-14-26(22)29)35-34(38)32(36-33)20-30-27-15-7-3-11-23(27)18-24-12-4-8-16-28(24)30/h1-20H,(H,35,38)(H,36,37)/b31-19-,32-20-. The first-order valence-corrected chi connectivity index (χ1v) is 12.5. The summed E-state index contributed by atoms with van der Waals surface area (Å²) in [4.78, 5) is 32.3. The third-order valence-corrected chi connectivity index (χ3v) is 7.19. The van der Waals surface area contributed by atoms with Crippen LogP contribution in [0.4, 0.5) is 0 Å². The van der Waals surface area contributed by atoms with Gasteiger partial charge in [0.15, 0.2) is 0 Å². The van der Waals surface area contributed by atoms with Gasteiger partial charge in [-0.3, -0.25) is 9.59 Å². The largest absolute Gasteiger partial charge is 0.316 e. The van der Waals surface area contributed by atoms with Crippen molar-refractivity contribution in [1.29, 1.82) is 0 Å². The molecule has 0 unspecified atom stereocenters. The Morgan fingerprint density at radius 1 is 0.421 bits per heavy atom. The second-order valence-electron chi connectivity index (χ2n) is 9.49. The number of H-pyrrole nitrogens is 2. The molecule has 0 radical (unpaired) electrons. The van der Waals surface area contributed by atoms with Crippen LogP contribution < -0.4 is 21.8 Å². The summed E-state index contributed by atoms with van der Waals surface area (Å²) in [6, 6.07) is 36.5. The van der Waals surface area contributed by atoms with Gasteiger partial charge in [0, 0.05) is 0 Å². The second-order valence-corrected chi connectivity index (χ2v) is 9.49. The molecule has 1 aromatic heterocycles. The molecule has 2 N–H and O–H groups in total. The highest BCUT2D eigenvalue weighted by Gasteiger charge is 2.08. The Morgan fingerprint density at radius 3 is 1.03 bits per heavy atom. The Hall–Kier alpha value is -5.22. The third kappa shape index (κ3) is 3.62. The Morgan fingerprint density at radius 2 is 0.711 bits per heavy atom. The topological polar surface area (TPSA) is 65.7 Å². The summed E-state index contributed by atoms with van der Waals surface area (Å²) in [5.41, 5.74) is 1.10. The molecule has 0 saturated heterocycles. The number of hydrogen-bond acceptors (Lipinski definition) is 2. The van der Waals surface area contributed by atoms with Gasteiger partial charge in [-0.15, -0.1) is 0 Å². The average molecular weight is 491 g/mol. The van der Waals surface area contributed by atoms with Crippen molar-refractivity contribution >= 4 is 55.2 Å². The van der Waals surface area contributed by atoms with E-state index in [1.165, 1.54) is 0 Å². The van der Waals surface area contributed by atoms with Crippen LogP contribution in [0.2, 0.25) is 0 Å². The molecule has 0 fully saturated rings. The zero-order valence-corrected chi connectivity index (χ0v) is 20.4. The third-order valence-electron chi connectivity index (χ3n) is 7.19. The van der Waals surface area contributed by atoms with Crippen LogP contribution in [0.25, 0.3) is 55.2 Å². The van der Waals surface area contributed by atoms with Crippen LogP contribution in [0.15, 0.2) is 119 Å². The van der Waals surface area contributed by atoms with Gasteiger partial charge in [-0.1, -0.05) is 97.1 Å². The molecule has 180 valence electrons. The van der Waals surface area contributed by atoms with E-state index in [1.807, 2.05) is 72.8 Å². The van der Waals surface area contributed by atoms with Gasteiger partial charge in [0.2, 0.25) is 0 Å². The van der Waals surface area contributed by atoms with E-state index in [4.69, 9.17) is 0 Å². The Balaban J connectivity index is 1.50. The maximum atomic E-state index is 13.3. The summed E-state index contributed by atoms with van der Waals surface area (Å²) in [6.45, 7) is 0. The number of hydrogen-bond donors (Lipinski definition) is 2. The van der Waals surface area contributed by atoms with Crippen molar-refractivity contribution in [3.05, 3.63) is 152 Å². The first-order valence-electron chi connectivity index (χ1n) is 12.5. The summed E-state index contributed by atoms with van der Waals surface area (Å²) in [7, 11) is 0. The number of fused-ring (bicyclic) bond motifs is 4. The molecule has 0 aliphatic rings. The van der Waals surface area contributed by atoms with Gasteiger partial charge in [0.05, 0.1) is 0 Å². The molecule has 0 aliphatic carbocycles. The van der Waals surface area contributed by atoms with Gasteiger partial charge in [0.1, 0.15) is 10.7 Å². The molecule has 6 aromatic carbocycles. The fraction of sp³-hybridized carbons (Fsp3) is 0. The van der Waals surface area contributed by atoms with Crippen molar-refractivity contribution < 1.29 is 0 Å². The van der Waals surface area contributed by atoms with Crippen molar-refractivity contribution in [1.82, 2.24) is 9.97 Å². The molecule has 7 rings (SSSR count). The van der Waals surface area contributed by atoms with E-state index < -0.39 is 0 Å². The molecule has 0 atom stereocenters. The Kier molecular flexibility index (Phi) is 5.05. The van der Waals surface area contributed by atoms with Crippen molar-refractivity contribution in [3.8, 4) is 0 Å². The van der Waals surface area contributed by atoms with Gasteiger partial charge >= 0.3 is 0 Å². The summed E-state index contributed by atoms with van der Waals surface area (Å²) in [6.07, 6.45) is 3.56. The predicted octanol–water partition coefficient (Wildman–Crippen LogP) is 5.33. The second kappa shape index (κ2) is 8.71. The fourth-order valence-corrected chi connectivity index (χ4v) is 5.39. The lowest BCUT2D eigenvalue weighted by Crippen LogP contribution is -2.46. The van der Waals surface area contributed by atoms with Crippen LogP contribution in [-0.4, -0.2) is 9.97 Å². The van der Waals surface area contributed by atoms with Crippen LogP contribution in [0, 0.1) is 0 Å². The van der Waals surface area contributed by atoms with Gasteiger partial charge in [0.25, 0.3) is 11.1 Å². The first kappa shape index (κ1) is 22.0. The van der Waals surface area contributed by atoms with Crippen LogP contribution in [-0.2, 0) is 0 Å². The highest BCUT2D eigenvalue weighted by atomic mass is 16.1. The van der Waals surface area contributed by atoms with Crippen LogP contribution in [0.5, 0.6) is 0 Å². The molecule has 38 heavy (non-hydrogen) atoms. The first-order chi connectivity index (χ1) is 18.7. The van der Waals surface area contributed by atoms with Crippen LogP contribution in [0.3, 0.4) is 0 Å². The van der Waals surface area contributed by atoms with E-state index in [0.717, 1.165) is 54.2 Å². The van der Waals surface area contributed by atoms with E-state index in [2.05, 4.69) is 46.4 Å². The van der Waals surface area contributed by atoms with Crippen molar-refractivity contribution in [2.45, 2.75) is 0 Å². The molecule has 1 heterocycles. The number of nitrogens with one attached hydrogen (secondary N) is 2. The number of aromatic amines is 2. The minimum atomic E-state index is -0.350. The summed E-state index contributed by atoms with van der Waals surface area (Å²) in [5, 5.41) is 8.80. The number of benzene rings is 6. The SMILES string of the molecule is O=c1[nH]/c(=C\c2c3ccccc3cc3ccccc23)c(=O)[nH]/c1=C\c1c2ccccc2cc2ccccc12. The van der Waals surface area contributed by atoms with Crippen molar-refractivity contribution in [3.63, 3.8) is 0 Å². The molecule has 0 aliphatic heterocycles. The fourth-order valence-electron chi connectivity index (χ4n) is 5.39.